The molecule has 1 aliphatic heterocycles. The number of fused-ring (bicyclic) bond motifs is 2. The molecule has 5 heteroatoms. The van der Waals surface area contributed by atoms with Gasteiger partial charge in [0.1, 0.15) is 0 Å². The summed E-state index contributed by atoms with van der Waals surface area (Å²) in [6.45, 7) is 0. The molecular weight excluding hydrogens is 220 g/mol. The number of hydrogen-bond acceptors (Lipinski definition) is 3. The lowest BCUT2D eigenvalue weighted by Crippen LogP contribution is -2.53. The van der Waals surface area contributed by atoms with E-state index in [2.05, 4.69) is 10.6 Å². The van der Waals surface area contributed by atoms with E-state index in [4.69, 9.17) is 0 Å². The van der Waals surface area contributed by atoms with Gasteiger partial charge in [-0.1, -0.05) is 24.3 Å². The number of hydrogen-bond donors (Lipinski definition) is 2. The van der Waals surface area contributed by atoms with Crippen molar-refractivity contribution in [1.29, 1.82) is 0 Å². The highest BCUT2D eigenvalue weighted by atomic mass is 16.2. The van der Waals surface area contributed by atoms with E-state index in [0.717, 1.165) is 5.56 Å². The van der Waals surface area contributed by atoms with Crippen molar-refractivity contribution in [2.45, 2.75) is 18.4 Å². The Morgan fingerprint density at radius 1 is 1.06 bits per heavy atom. The van der Waals surface area contributed by atoms with Crippen molar-refractivity contribution in [1.82, 2.24) is 10.6 Å². The zero-order chi connectivity index (χ0) is 12.0. The molecule has 0 radical (unpaired) electrons. The van der Waals surface area contributed by atoms with E-state index < -0.39 is 17.5 Å². The van der Waals surface area contributed by atoms with Crippen LogP contribution >= 0.6 is 0 Å². The fourth-order valence-corrected chi connectivity index (χ4v) is 2.53. The Kier molecular flexibility index (Phi) is 1.86. The molecule has 1 aromatic rings. The van der Waals surface area contributed by atoms with Crippen LogP contribution in [0, 0.1) is 0 Å². The monoisotopic (exact) mass is 230 g/mol. The number of nitrogens with one attached hydrogen (secondary N) is 2. The fraction of sp³-hybridized carbons (Fsp3) is 0.250. The Morgan fingerprint density at radius 2 is 1.82 bits per heavy atom. The van der Waals surface area contributed by atoms with Gasteiger partial charge in [0.2, 0.25) is 5.54 Å². The van der Waals surface area contributed by atoms with Crippen molar-refractivity contribution in [2.75, 3.05) is 0 Å². The van der Waals surface area contributed by atoms with Gasteiger partial charge in [-0.05, 0) is 17.5 Å². The van der Waals surface area contributed by atoms with Crippen molar-refractivity contribution in [3.05, 3.63) is 35.4 Å². The predicted molar refractivity (Wildman–Crippen MR) is 58.1 cm³/mol. The van der Waals surface area contributed by atoms with Crippen LogP contribution in [0.4, 0.5) is 4.79 Å². The van der Waals surface area contributed by atoms with Crippen LogP contribution < -0.4 is 10.6 Å². The molecule has 3 amide bonds. The molecule has 1 aromatic carbocycles. The lowest BCUT2D eigenvalue weighted by molar-refractivity contribution is -0.135. The number of benzene rings is 1. The summed E-state index contributed by atoms with van der Waals surface area (Å²) in [5, 5.41) is 4.61. The van der Waals surface area contributed by atoms with Crippen molar-refractivity contribution in [2.24, 2.45) is 0 Å². The Bertz CT molecular complexity index is 552. The van der Waals surface area contributed by atoms with Gasteiger partial charge >= 0.3 is 6.03 Å². The van der Waals surface area contributed by atoms with Gasteiger partial charge in [-0.15, -0.1) is 0 Å². The average molecular weight is 230 g/mol. The van der Waals surface area contributed by atoms with Crippen LogP contribution in [-0.2, 0) is 21.5 Å². The van der Waals surface area contributed by atoms with Crippen molar-refractivity contribution >= 4 is 17.7 Å². The van der Waals surface area contributed by atoms with Gasteiger partial charge in [-0.3, -0.25) is 14.9 Å². The first-order valence-electron chi connectivity index (χ1n) is 5.40. The Balaban J connectivity index is 2.25. The maximum absolute atomic E-state index is 12.1. The van der Waals surface area contributed by atoms with E-state index in [1.165, 1.54) is 0 Å². The maximum atomic E-state index is 12.1. The van der Waals surface area contributed by atoms with E-state index in [1.54, 1.807) is 12.1 Å². The molecule has 1 spiro atoms. The molecule has 1 unspecified atom stereocenters. The van der Waals surface area contributed by atoms with Gasteiger partial charge in [0, 0.05) is 6.42 Å². The van der Waals surface area contributed by atoms with Crippen LogP contribution in [0.3, 0.4) is 0 Å². The lowest BCUT2D eigenvalue weighted by Gasteiger charge is -2.31. The van der Waals surface area contributed by atoms with Crippen LogP contribution in [-0.4, -0.2) is 17.7 Å². The summed E-state index contributed by atoms with van der Waals surface area (Å²) in [6.07, 6.45) is 0.880. The highest BCUT2D eigenvalue weighted by Gasteiger charge is 2.55. The molecule has 0 aromatic heterocycles. The number of carbonyl (C=O) groups is 3. The summed E-state index contributed by atoms with van der Waals surface area (Å²) in [7, 11) is 0. The molecule has 1 heterocycles. The van der Waals surface area contributed by atoms with E-state index >= 15 is 0 Å². The third-order valence-corrected chi connectivity index (χ3v) is 3.33. The number of urea groups is 1. The molecule has 2 N–H and O–H groups in total. The van der Waals surface area contributed by atoms with Gasteiger partial charge in [-0.25, -0.2) is 4.79 Å². The van der Waals surface area contributed by atoms with Crippen LogP contribution in [0.25, 0.3) is 0 Å². The molecule has 0 bridgehead atoms. The minimum atomic E-state index is -1.49. The highest BCUT2D eigenvalue weighted by Crippen LogP contribution is 2.34. The minimum Gasteiger partial charge on any atom is -0.313 e. The number of aryl methyl sites for hydroxylation is 1. The fourth-order valence-electron chi connectivity index (χ4n) is 2.53. The molecule has 3 rings (SSSR count). The van der Waals surface area contributed by atoms with Gasteiger partial charge < -0.3 is 5.32 Å². The van der Waals surface area contributed by atoms with Gasteiger partial charge in [0.15, 0.2) is 5.78 Å². The Hall–Kier alpha value is -2.17. The number of amides is 3. The smallest absolute Gasteiger partial charge is 0.313 e. The van der Waals surface area contributed by atoms with Crippen LogP contribution in [0.5, 0.6) is 0 Å². The molecular formula is C12H10N2O3. The molecule has 1 atom stereocenters. The van der Waals surface area contributed by atoms with Crippen molar-refractivity contribution in [3.63, 3.8) is 0 Å². The predicted octanol–water partition coefficient (Wildman–Crippen LogP) is 0.237. The highest BCUT2D eigenvalue weighted by molar-refractivity contribution is 6.21. The largest absolute Gasteiger partial charge is 0.322 e. The van der Waals surface area contributed by atoms with E-state index in [9.17, 15) is 14.4 Å². The Morgan fingerprint density at radius 3 is 2.53 bits per heavy atom. The standard InChI is InChI=1S/C12H10N2O3/c15-9-6-5-7-3-1-2-4-8(7)12(9)10(16)13-11(17)14-12/h1-4H,5-6H2,(H2,13,14,16,17). The molecule has 2 aliphatic rings. The zero-order valence-electron chi connectivity index (χ0n) is 8.95. The summed E-state index contributed by atoms with van der Waals surface area (Å²) in [5.41, 5.74) is 0.0374. The SMILES string of the molecule is O=C1NC(=O)C2(N1)C(=O)CCc1ccccc12. The quantitative estimate of drug-likeness (QED) is 0.495. The minimum absolute atomic E-state index is 0.250. The first-order valence-corrected chi connectivity index (χ1v) is 5.40. The molecule has 0 saturated carbocycles. The topological polar surface area (TPSA) is 75.3 Å². The molecule has 1 aliphatic carbocycles. The average Bonchev–Trinajstić information content (AvgIpc) is 2.61. The normalized spacial score (nSPS) is 26.7. The molecule has 1 fully saturated rings. The van der Waals surface area contributed by atoms with Crippen LogP contribution in [0.15, 0.2) is 24.3 Å². The number of carbonyl (C=O) groups excluding carboxylic acids is 3. The summed E-state index contributed by atoms with van der Waals surface area (Å²) in [4.78, 5) is 35.3. The van der Waals surface area contributed by atoms with E-state index in [0.29, 0.717) is 12.0 Å². The Labute approximate surface area is 97.2 Å². The molecule has 1 saturated heterocycles. The van der Waals surface area contributed by atoms with Gasteiger partial charge in [0.05, 0.1) is 0 Å². The number of Topliss-reactive ketones (excluding diaryl/α,β-unsaturated/α-hetero) is 1. The summed E-state index contributed by atoms with van der Waals surface area (Å²) < 4.78 is 0. The molecule has 86 valence electrons. The lowest BCUT2D eigenvalue weighted by atomic mass is 9.75. The third kappa shape index (κ3) is 1.16. The van der Waals surface area contributed by atoms with E-state index in [1.807, 2.05) is 12.1 Å². The van der Waals surface area contributed by atoms with E-state index in [-0.39, 0.29) is 12.2 Å². The first kappa shape index (κ1) is 10.0. The second-order valence-corrected chi connectivity index (χ2v) is 4.24. The number of imide groups is 1. The maximum Gasteiger partial charge on any atom is 0.322 e. The van der Waals surface area contributed by atoms with Gasteiger partial charge in [-0.2, -0.15) is 0 Å². The van der Waals surface area contributed by atoms with Crippen LogP contribution in [0.1, 0.15) is 17.5 Å². The second kappa shape index (κ2) is 3.16. The number of rotatable bonds is 0. The molecule has 17 heavy (non-hydrogen) atoms. The van der Waals surface area contributed by atoms with Crippen LogP contribution in [0.2, 0.25) is 0 Å². The first-order chi connectivity index (χ1) is 8.14. The molecule has 5 nitrogen and oxygen atoms in total. The summed E-state index contributed by atoms with van der Waals surface area (Å²) >= 11 is 0. The van der Waals surface area contributed by atoms with Crippen molar-refractivity contribution < 1.29 is 14.4 Å². The van der Waals surface area contributed by atoms with Crippen molar-refractivity contribution in [3.8, 4) is 0 Å². The summed E-state index contributed by atoms with van der Waals surface area (Å²) in [6, 6.07) is 6.60. The van der Waals surface area contributed by atoms with Gasteiger partial charge in [0.25, 0.3) is 5.91 Å². The number of ketones is 1. The summed E-state index contributed by atoms with van der Waals surface area (Å²) in [5.74, 6) is -0.820. The zero-order valence-corrected chi connectivity index (χ0v) is 8.95. The third-order valence-electron chi connectivity index (χ3n) is 3.33. The second-order valence-electron chi connectivity index (χ2n) is 4.24.